The SMILES string of the molecule is COc1ccc2c(c1)O[C@@H](c1cccc(OC(C)=O)c1)C[C@H]2O. The first-order valence-electron chi connectivity index (χ1n) is 7.38. The third-order valence-corrected chi connectivity index (χ3v) is 3.78. The van der Waals surface area contributed by atoms with Gasteiger partial charge in [0.1, 0.15) is 23.4 Å². The van der Waals surface area contributed by atoms with Crippen LogP contribution in [-0.2, 0) is 4.79 Å². The molecule has 3 rings (SSSR count). The number of esters is 1. The van der Waals surface area contributed by atoms with Crippen molar-refractivity contribution in [1.29, 1.82) is 0 Å². The number of hydrogen-bond acceptors (Lipinski definition) is 5. The van der Waals surface area contributed by atoms with E-state index in [0.29, 0.717) is 23.7 Å². The van der Waals surface area contributed by atoms with E-state index in [-0.39, 0.29) is 12.1 Å². The summed E-state index contributed by atoms with van der Waals surface area (Å²) in [5.74, 6) is 1.36. The second-order valence-corrected chi connectivity index (χ2v) is 5.43. The highest BCUT2D eigenvalue weighted by molar-refractivity contribution is 5.69. The van der Waals surface area contributed by atoms with E-state index in [1.165, 1.54) is 6.92 Å². The quantitative estimate of drug-likeness (QED) is 0.696. The number of rotatable bonds is 3. The van der Waals surface area contributed by atoms with Gasteiger partial charge < -0.3 is 19.3 Å². The van der Waals surface area contributed by atoms with E-state index in [2.05, 4.69) is 0 Å². The summed E-state index contributed by atoms with van der Waals surface area (Å²) in [4.78, 5) is 11.1. The van der Waals surface area contributed by atoms with E-state index >= 15 is 0 Å². The molecule has 2 atom stereocenters. The van der Waals surface area contributed by atoms with Crippen LogP contribution in [-0.4, -0.2) is 18.2 Å². The zero-order valence-corrected chi connectivity index (χ0v) is 13.0. The lowest BCUT2D eigenvalue weighted by Gasteiger charge is -2.30. The number of benzene rings is 2. The summed E-state index contributed by atoms with van der Waals surface area (Å²) in [7, 11) is 1.58. The molecule has 2 aromatic rings. The van der Waals surface area contributed by atoms with E-state index in [1.54, 1.807) is 37.4 Å². The van der Waals surface area contributed by atoms with Gasteiger partial charge in [-0.25, -0.2) is 0 Å². The van der Waals surface area contributed by atoms with Crippen LogP contribution >= 0.6 is 0 Å². The molecule has 0 bridgehead atoms. The van der Waals surface area contributed by atoms with Crippen LogP contribution in [0.4, 0.5) is 0 Å². The van der Waals surface area contributed by atoms with Gasteiger partial charge >= 0.3 is 5.97 Å². The lowest BCUT2D eigenvalue weighted by atomic mass is 9.95. The Morgan fingerprint density at radius 2 is 2.04 bits per heavy atom. The predicted octanol–water partition coefficient (Wildman–Crippen LogP) is 3.18. The molecule has 0 amide bonds. The standard InChI is InChI=1S/C18H18O5/c1-11(19)22-14-5-3-4-12(8-14)17-10-16(20)15-7-6-13(21-2)9-18(15)23-17/h3-9,16-17,20H,10H2,1-2H3/t16-,17-/m1/s1. The summed E-state index contributed by atoms with van der Waals surface area (Å²) in [6.45, 7) is 1.36. The molecule has 0 fully saturated rings. The van der Waals surface area contributed by atoms with Gasteiger partial charge in [-0.05, 0) is 29.8 Å². The van der Waals surface area contributed by atoms with Crippen LogP contribution in [0.1, 0.15) is 36.7 Å². The number of fused-ring (bicyclic) bond motifs is 1. The molecule has 0 aliphatic carbocycles. The number of aliphatic hydroxyl groups excluding tert-OH is 1. The summed E-state index contributed by atoms with van der Waals surface area (Å²) in [6, 6.07) is 12.5. The van der Waals surface area contributed by atoms with Gasteiger partial charge in [0, 0.05) is 25.0 Å². The molecule has 0 spiro atoms. The molecule has 23 heavy (non-hydrogen) atoms. The smallest absolute Gasteiger partial charge is 0.308 e. The molecule has 0 radical (unpaired) electrons. The Bertz CT molecular complexity index is 725. The van der Waals surface area contributed by atoms with E-state index in [0.717, 1.165) is 11.1 Å². The zero-order valence-electron chi connectivity index (χ0n) is 13.0. The first-order chi connectivity index (χ1) is 11.1. The van der Waals surface area contributed by atoms with E-state index in [9.17, 15) is 9.90 Å². The van der Waals surface area contributed by atoms with Gasteiger partial charge in [0.2, 0.25) is 0 Å². The first-order valence-corrected chi connectivity index (χ1v) is 7.38. The molecule has 1 aliphatic heterocycles. The van der Waals surface area contributed by atoms with Gasteiger partial charge in [-0.2, -0.15) is 0 Å². The molecule has 0 unspecified atom stereocenters. The molecule has 0 saturated carbocycles. The van der Waals surface area contributed by atoms with Crippen LogP contribution in [0.25, 0.3) is 0 Å². The van der Waals surface area contributed by atoms with Crippen molar-refractivity contribution < 1.29 is 24.1 Å². The van der Waals surface area contributed by atoms with Gasteiger partial charge in [0.05, 0.1) is 13.2 Å². The van der Waals surface area contributed by atoms with E-state index in [1.807, 2.05) is 12.1 Å². The maximum atomic E-state index is 11.1. The van der Waals surface area contributed by atoms with Crippen molar-refractivity contribution >= 4 is 5.97 Å². The first kappa shape index (κ1) is 15.4. The highest BCUT2D eigenvalue weighted by Gasteiger charge is 2.28. The fraction of sp³-hybridized carbons (Fsp3) is 0.278. The molecule has 1 heterocycles. The van der Waals surface area contributed by atoms with Crippen molar-refractivity contribution in [3.63, 3.8) is 0 Å². The minimum atomic E-state index is -0.618. The number of ether oxygens (including phenoxy) is 3. The molecular weight excluding hydrogens is 296 g/mol. The molecule has 2 aromatic carbocycles. The van der Waals surface area contributed by atoms with Crippen molar-refractivity contribution in [2.24, 2.45) is 0 Å². The van der Waals surface area contributed by atoms with Gasteiger partial charge in [0.15, 0.2) is 0 Å². The Balaban J connectivity index is 1.88. The lowest BCUT2D eigenvalue weighted by Crippen LogP contribution is -2.19. The molecular formula is C18H18O5. The topological polar surface area (TPSA) is 65.0 Å². The number of aliphatic hydroxyl groups is 1. The fourth-order valence-corrected chi connectivity index (χ4v) is 2.70. The molecule has 0 aromatic heterocycles. The van der Waals surface area contributed by atoms with Crippen molar-refractivity contribution in [2.45, 2.75) is 25.6 Å². The highest BCUT2D eigenvalue weighted by atomic mass is 16.5. The molecule has 120 valence electrons. The summed E-state index contributed by atoms with van der Waals surface area (Å²) < 4.78 is 16.3. The molecule has 5 nitrogen and oxygen atoms in total. The van der Waals surface area contributed by atoms with Crippen LogP contribution in [0.15, 0.2) is 42.5 Å². The van der Waals surface area contributed by atoms with Crippen molar-refractivity contribution in [3.05, 3.63) is 53.6 Å². The molecule has 5 heteroatoms. The number of methoxy groups -OCH3 is 1. The second-order valence-electron chi connectivity index (χ2n) is 5.43. The van der Waals surface area contributed by atoms with Crippen LogP contribution in [0.5, 0.6) is 17.2 Å². The van der Waals surface area contributed by atoms with Gasteiger partial charge in [-0.1, -0.05) is 12.1 Å². The van der Waals surface area contributed by atoms with Crippen LogP contribution in [0.3, 0.4) is 0 Å². The van der Waals surface area contributed by atoms with Crippen molar-refractivity contribution in [3.8, 4) is 17.2 Å². The minimum absolute atomic E-state index is 0.319. The Kier molecular flexibility index (Phi) is 4.21. The average molecular weight is 314 g/mol. The third-order valence-electron chi connectivity index (χ3n) is 3.78. The summed E-state index contributed by atoms with van der Waals surface area (Å²) in [5.41, 5.74) is 1.59. The third kappa shape index (κ3) is 3.29. The Morgan fingerprint density at radius 3 is 2.78 bits per heavy atom. The summed E-state index contributed by atoms with van der Waals surface area (Å²) in [5, 5.41) is 10.4. The zero-order chi connectivity index (χ0) is 16.4. The number of carbonyl (C=O) groups excluding carboxylic acids is 1. The van der Waals surface area contributed by atoms with Gasteiger partial charge in [-0.3, -0.25) is 4.79 Å². The maximum absolute atomic E-state index is 11.1. The molecule has 1 N–H and O–H groups in total. The Hall–Kier alpha value is -2.53. The minimum Gasteiger partial charge on any atom is -0.497 e. The number of carbonyl (C=O) groups is 1. The van der Waals surface area contributed by atoms with Gasteiger partial charge in [-0.15, -0.1) is 0 Å². The monoisotopic (exact) mass is 314 g/mol. The van der Waals surface area contributed by atoms with Crippen LogP contribution in [0, 0.1) is 0 Å². The average Bonchev–Trinajstić information content (AvgIpc) is 2.53. The van der Waals surface area contributed by atoms with Crippen LogP contribution < -0.4 is 14.2 Å². The van der Waals surface area contributed by atoms with Crippen LogP contribution in [0.2, 0.25) is 0 Å². The van der Waals surface area contributed by atoms with Gasteiger partial charge in [0.25, 0.3) is 0 Å². The summed E-state index contributed by atoms with van der Waals surface area (Å²) >= 11 is 0. The summed E-state index contributed by atoms with van der Waals surface area (Å²) in [6.07, 6.45) is -0.504. The van der Waals surface area contributed by atoms with Crippen molar-refractivity contribution in [1.82, 2.24) is 0 Å². The fourth-order valence-electron chi connectivity index (χ4n) is 2.70. The maximum Gasteiger partial charge on any atom is 0.308 e. The number of hydrogen-bond donors (Lipinski definition) is 1. The Labute approximate surface area is 134 Å². The van der Waals surface area contributed by atoms with Crippen molar-refractivity contribution in [2.75, 3.05) is 7.11 Å². The molecule has 1 aliphatic rings. The largest absolute Gasteiger partial charge is 0.497 e. The van der Waals surface area contributed by atoms with E-state index in [4.69, 9.17) is 14.2 Å². The lowest BCUT2D eigenvalue weighted by molar-refractivity contribution is -0.131. The second kappa shape index (κ2) is 6.30. The predicted molar refractivity (Wildman–Crippen MR) is 83.7 cm³/mol. The normalized spacial score (nSPS) is 19.4. The highest BCUT2D eigenvalue weighted by Crippen LogP contribution is 2.42. The molecule has 0 saturated heterocycles. The van der Waals surface area contributed by atoms with E-state index < -0.39 is 6.10 Å². The Morgan fingerprint density at radius 1 is 1.22 bits per heavy atom.